The second-order valence-corrected chi connectivity index (χ2v) is 4.47. The van der Waals surface area contributed by atoms with Crippen LogP contribution in [-0.2, 0) is 0 Å². The zero-order valence-electron chi connectivity index (χ0n) is 10.8. The summed E-state index contributed by atoms with van der Waals surface area (Å²) < 4.78 is 5.09. The van der Waals surface area contributed by atoms with E-state index in [9.17, 15) is 10.2 Å². The largest absolute Gasteiger partial charge is 0.495 e. The summed E-state index contributed by atoms with van der Waals surface area (Å²) in [5.41, 5.74) is 1.13. The lowest BCUT2D eigenvalue weighted by Gasteiger charge is -2.19. The first-order valence-electron chi connectivity index (χ1n) is 5.73. The standard InChI is InChI=1S/C14H14ClNO3.H2S/c1-19-12-8-10(2-3-11(12)15)14(18)13(17)9-4-6-16-7-5-9;/h2-8,13-14,17-18H,1H3;1H2. The molecule has 0 saturated heterocycles. The average molecular weight is 314 g/mol. The molecule has 0 aliphatic heterocycles. The number of hydrogen-bond donors (Lipinski definition) is 2. The fourth-order valence-electron chi connectivity index (χ4n) is 1.79. The van der Waals surface area contributed by atoms with Gasteiger partial charge in [0.1, 0.15) is 18.0 Å². The van der Waals surface area contributed by atoms with Crippen LogP contribution in [0.3, 0.4) is 0 Å². The molecule has 2 unspecified atom stereocenters. The minimum absolute atomic E-state index is 0. The molecule has 0 fully saturated rings. The van der Waals surface area contributed by atoms with Crippen LogP contribution in [0.25, 0.3) is 0 Å². The van der Waals surface area contributed by atoms with Crippen LogP contribution in [-0.4, -0.2) is 22.3 Å². The number of halogens is 1. The Morgan fingerprint density at radius 2 is 1.65 bits per heavy atom. The van der Waals surface area contributed by atoms with Crippen molar-refractivity contribution in [2.75, 3.05) is 7.11 Å². The zero-order valence-corrected chi connectivity index (χ0v) is 12.6. The molecular weight excluding hydrogens is 298 g/mol. The molecular formula is C14H16ClNO3S. The minimum atomic E-state index is -1.06. The van der Waals surface area contributed by atoms with E-state index in [-0.39, 0.29) is 13.5 Å². The third-order valence-corrected chi connectivity index (χ3v) is 3.18. The second kappa shape index (κ2) is 7.50. The van der Waals surface area contributed by atoms with Crippen molar-refractivity contribution in [1.29, 1.82) is 0 Å². The first kappa shape index (κ1) is 16.8. The average Bonchev–Trinajstić information content (AvgIpc) is 2.47. The van der Waals surface area contributed by atoms with Crippen LogP contribution in [0.5, 0.6) is 5.75 Å². The summed E-state index contributed by atoms with van der Waals surface area (Å²) in [6.07, 6.45) is 1.03. The maximum absolute atomic E-state index is 10.2. The van der Waals surface area contributed by atoms with E-state index < -0.39 is 12.2 Å². The van der Waals surface area contributed by atoms with Crippen molar-refractivity contribution >= 4 is 25.1 Å². The normalized spacial score (nSPS) is 13.2. The smallest absolute Gasteiger partial charge is 0.137 e. The van der Waals surface area contributed by atoms with Gasteiger partial charge in [0.05, 0.1) is 12.1 Å². The van der Waals surface area contributed by atoms with Crippen molar-refractivity contribution in [1.82, 2.24) is 4.98 Å². The lowest BCUT2D eigenvalue weighted by atomic mass is 9.99. The Morgan fingerprint density at radius 3 is 2.25 bits per heavy atom. The van der Waals surface area contributed by atoms with Crippen LogP contribution in [0.1, 0.15) is 23.3 Å². The maximum Gasteiger partial charge on any atom is 0.137 e. The van der Waals surface area contributed by atoms with Gasteiger partial charge in [-0.1, -0.05) is 17.7 Å². The van der Waals surface area contributed by atoms with Crippen LogP contribution in [0, 0.1) is 0 Å². The van der Waals surface area contributed by atoms with E-state index in [2.05, 4.69) is 4.98 Å². The van der Waals surface area contributed by atoms with E-state index in [1.54, 1.807) is 42.7 Å². The third-order valence-electron chi connectivity index (χ3n) is 2.86. The van der Waals surface area contributed by atoms with Crippen molar-refractivity contribution in [3.05, 3.63) is 58.9 Å². The zero-order chi connectivity index (χ0) is 13.8. The molecule has 6 heteroatoms. The van der Waals surface area contributed by atoms with Crippen LogP contribution in [0.4, 0.5) is 0 Å². The van der Waals surface area contributed by atoms with Gasteiger partial charge in [-0.2, -0.15) is 13.5 Å². The van der Waals surface area contributed by atoms with Gasteiger partial charge in [0, 0.05) is 12.4 Å². The highest BCUT2D eigenvalue weighted by Gasteiger charge is 2.21. The summed E-state index contributed by atoms with van der Waals surface area (Å²) in [7, 11) is 1.50. The molecule has 1 heterocycles. The predicted molar refractivity (Wildman–Crippen MR) is 82.5 cm³/mol. The summed E-state index contributed by atoms with van der Waals surface area (Å²) >= 11 is 5.92. The van der Waals surface area contributed by atoms with Gasteiger partial charge < -0.3 is 14.9 Å². The SMILES string of the molecule is COc1cc(C(O)C(O)c2ccncc2)ccc1Cl.S. The summed E-state index contributed by atoms with van der Waals surface area (Å²) in [4.78, 5) is 3.87. The Morgan fingerprint density at radius 1 is 1.05 bits per heavy atom. The fraction of sp³-hybridized carbons (Fsp3) is 0.214. The van der Waals surface area contributed by atoms with Gasteiger partial charge in [0.25, 0.3) is 0 Å². The van der Waals surface area contributed by atoms with E-state index in [0.717, 1.165) is 0 Å². The van der Waals surface area contributed by atoms with Gasteiger partial charge >= 0.3 is 0 Å². The molecule has 1 aromatic carbocycles. The van der Waals surface area contributed by atoms with Crippen LogP contribution >= 0.6 is 25.1 Å². The quantitative estimate of drug-likeness (QED) is 0.911. The second-order valence-electron chi connectivity index (χ2n) is 4.06. The molecule has 2 atom stereocenters. The monoisotopic (exact) mass is 313 g/mol. The molecule has 2 rings (SSSR count). The summed E-state index contributed by atoms with van der Waals surface area (Å²) in [6.45, 7) is 0. The highest BCUT2D eigenvalue weighted by molar-refractivity contribution is 7.59. The van der Waals surface area contributed by atoms with Crippen molar-refractivity contribution in [2.24, 2.45) is 0 Å². The number of aliphatic hydroxyl groups excluding tert-OH is 2. The van der Waals surface area contributed by atoms with Gasteiger partial charge in [-0.15, -0.1) is 0 Å². The molecule has 2 aromatic rings. The molecule has 0 spiro atoms. The summed E-state index contributed by atoms with van der Waals surface area (Å²) in [6, 6.07) is 8.19. The predicted octanol–water partition coefficient (Wildman–Crippen LogP) is 2.62. The Hall–Kier alpha value is -1.27. The van der Waals surface area contributed by atoms with E-state index in [1.807, 2.05) is 0 Å². The van der Waals surface area contributed by atoms with Gasteiger partial charge in [0.15, 0.2) is 0 Å². The Labute approximate surface area is 129 Å². The van der Waals surface area contributed by atoms with E-state index in [0.29, 0.717) is 21.9 Å². The lowest BCUT2D eigenvalue weighted by Crippen LogP contribution is -2.10. The molecule has 0 saturated carbocycles. The molecule has 0 aliphatic carbocycles. The fourth-order valence-corrected chi connectivity index (χ4v) is 1.98. The minimum Gasteiger partial charge on any atom is -0.495 e. The van der Waals surface area contributed by atoms with Gasteiger partial charge in [-0.05, 0) is 35.4 Å². The van der Waals surface area contributed by atoms with E-state index in [1.165, 1.54) is 7.11 Å². The Balaban J connectivity index is 0.00000200. The molecule has 20 heavy (non-hydrogen) atoms. The summed E-state index contributed by atoms with van der Waals surface area (Å²) in [5.74, 6) is 0.458. The first-order chi connectivity index (χ1) is 9.13. The highest BCUT2D eigenvalue weighted by Crippen LogP contribution is 2.33. The lowest BCUT2D eigenvalue weighted by molar-refractivity contribution is 0.0171. The van der Waals surface area contributed by atoms with Gasteiger partial charge in [-0.3, -0.25) is 4.98 Å². The molecule has 0 radical (unpaired) electrons. The van der Waals surface area contributed by atoms with Crippen LogP contribution < -0.4 is 4.74 Å². The number of methoxy groups -OCH3 is 1. The van der Waals surface area contributed by atoms with Gasteiger partial charge in [-0.25, -0.2) is 0 Å². The number of rotatable bonds is 4. The molecule has 0 aliphatic rings. The molecule has 2 N–H and O–H groups in total. The number of ether oxygens (including phenoxy) is 1. The number of aliphatic hydroxyl groups is 2. The number of pyridine rings is 1. The Kier molecular flexibility index (Phi) is 6.29. The van der Waals surface area contributed by atoms with Gasteiger partial charge in [0.2, 0.25) is 0 Å². The van der Waals surface area contributed by atoms with Crippen LogP contribution in [0.2, 0.25) is 5.02 Å². The number of aromatic nitrogens is 1. The topological polar surface area (TPSA) is 62.6 Å². The molecule has 0 bridgehead atoms. The van der Waals surface area contributed by atoms with E-state index >= 15 is 0 Å². The molecule has 4 nitrogen and oxygen atoms in total. The van der Waals surface area contributed by atoms with Crippen molar-refractivity contribution in [3.8, 4) is 5.75 Å². The van der Waals surface area contributed by atoms with Crippen LogP contribution in [0.15, 0.2) is 42.7 Å². The first-order valence-corrected chi connectivity index (χ1v) is 6.10. The number of benzene rings is 1. The maximum atomic E-state index is 10.2. The third kappa shape index (κ3) is 3.64. The summed E-state index contributed by atoms with van der Waals surface area (Å²) in [5, 5.41) is 20.8. The molecule has 0 amide bonds. The van der Waals surface area contributed by atoms with Crippen molar-refractivity contribution in [3.63, 3.8) is 0 Å². The molecule has 108 valence electrons. The van der Waals surface area contributed by atoms with Crippen molar-refractivity contribution in [2.45, 2.75) is 12.2 Å². The van der Waals surface area contributed by atoms with Crippen molar-refractivity contribution < 1.29 is 14.9 Å². The highest BCUT2D eigenvalue weighted by atomic mass is 35.5. The molecule has 1 aromatic heterocycles. The van der Waals surface area contributed by atoms with E-state index in [4.69, 9.17) is 16.3 Å². The number of nitrogens with zero attached hydrogens (tertiary/aromatic N) is 1. The number of hydrogen-bond acceptors (Lipinski definition) is 4. The Bertz CT molecular complexity index is 553.